The number of aliphatic hydroxyl groups excluding tert-OH is 1. The van der Waals surface area contributed by atoms with Crippen molar-refractivity contribution in [1.29, 1.82) is 0 Å². The second-order valence-electron chi connectivity index (χ2n) is 16.9. The number of nitrogens with zero attached hydrogens (tertiary/aromatic N) is 2. The molecule has 6 aromatic rings. The number of aliphatic hydroxyl groups is 1. The number of rotatable bonds is 11. The molecule has 314 valence electrons. The number of benzene rings is 4. The summed E-state index contributed by atoms with van der Waals surface area (Å²) < 4.78 is 8.80. The number of aryl methyl sites for hydroxylation is 6. The maximum Gasteiger partial charge on any atom is 0.407 e. The van der Waals surface area contributed by atoms with Crippen LogP contribution in [0.4, 0.5) is 4.79 Å². The van der Waals surface area contributed by atoms with Gasteiger partial charge in [0.2, 0.25) is 0 Å². The van der Waals surface area contributed by atoms with Crippen LogP contribution in [-0.4, -0.2) is 38.0 Å². The number of carbonyl (C=O) groups is 1. The lowest BCUT2D eigenvalue weighted by Crippen LogP contribution is -2.44. The zero-order valence-electron chi connectivity index (χ0n) is 36.5. The number of ether oxygens (including phenoxy) is 1. The van der Waals surface area contributed by atoms with Gasteiger partial charge in [0.05, 0.1) is 12.1 Å². The van der Waals surface area contributed by atoms with E-state index in [0.29, 0.717) is 24.1 Å². The van der Waals surface area contributed by atoms with Crippen LogP contribution in [0.3, 0.4) is 0 Å². The fourth-order valence-corrected chi connectivity index (χ4v) is 7.49. The molecular weight excluding hydrogens is 749 g/mol. The van der Waals surface area contributed by atoms with E-state index < -0.39 is 23.8 Å². The number of hydrogen-bond acceptors (Lipinski definition) is 6. The van der Waals surface area contributed by atoms with Gasteiger partial charge in [0.25, 0.3) is 11.1 Å². The minimum Gasteiger partial charge on any atom is -0.444 e. The first-order chi connectivity index (χ1) is 28.4. The lowest BCUT2D eigenvalue weighted by molar-refractivity contribution is 0.0421. The van der Waals surface area contributed by atoms with Crippen molar-refractivity contribution in [1.82, 2.24) is 14.5 Å². The normalized spacial score (nSPS) is 12.8. The van der Waals surface area contributed by atoms with Gasteiger partial charge in [0, 0.05) is 40.9 Å². The topological polar surface area (TPSA) is 129 Å². The first-order valence-corrected chi connectivity index (χ1v) is 20.5. The van der Waals surface area contributed by atoms with Crippen molar-refractivity contribution >= 4 is 6.09 Å². The highest BCUT2D eigenvalue weighted by Gasteiger charge is 2.27. The van der Waals surface area contributed by atoms with Crippen molar-refractivity contribution in [3.05, 3.63) is 198 Å². The number of pyridine rings is 2. The van der Waals surface area contributed by atoms with Crippen LogP contribution in [0, 0.1) is 41.5 Å². The van der Waals surface area contributed by atoms with Crippen LogP contribution in [0.5, 0.6) is 0 Å². The van der Waals surface area contributed by atoms with Crippen molar-refractivity contribution in [3.63, 3.8) is 0 Å². The van der Waals surface area contributed by atoms with Gasteiger partial charge in [-0.15, -0.1) is 0 Å². The minimum absolute atomic E-state index is 0.00584. The van der Waals surface area contributed by atoms with Crippen molar-refractivity contribution in [2.45, 2.75) is 105 Å². The molecule has 0 fully saturated rings. The molecule has 4 N–H and O–H groups in total. The molecule has 0 bridgehead atoms. The fourth-order valence-electron chi connectivity index (χ4n) is 7.49. The van der Waals surface area contributed by atoms with E-state index in [-0.39, 0.29) is 17.2 Å². The molecule has 60 heavy (non-hydrogen) atoms. The molecular formula is C51H60N4O5. The van der Waals surface area contributed by atoms with Crippen LogP contribution < -0.4 is 22.2 Å². The number of nitrogens with one attached hydrogen (secondary N) is 1. The molecule has 0 saturated heterocycles. The maximum absolute atomic E-state index is 13.1. The molecule has 0 aliphatic carbocycles. The molecule has 3 unspecified atom stereocenters. The highest BCUT2D eigenvalue weighted by atomic mass is 16.6. The molecule has 2 aromatic heterocycles. The zero-order valence-corrected chi connectivity index (χ0v) is 36.5. The number of amides is 1. The third kappa shape index (κ3) is 12.3. The quantitative estimate of drug-likeness (QED) is 0.120. The average molecular weight is 809 g/mol. The fraction of sp³-hybridized carbons (Fsp3) is 0.314. The van der Waals surface area contributed by atoms with E-state index in [0.717, 1.165) is 51.3 Å². The Morgan fingerprint density at radius 2 is 1.15 bits per heavy atom. The smallest absolute Gasteiger partial charge is 0.407 e. The van der Waals surface area contributed by atoms with Gasteiger partial charge in [-0.2, -0.15) is 0 Å². The molecule has 0 aliphatic heterocycles. The second-order valence-corrected chi connectivity index (χ2v) is 16.9. The summed E-state index contributed by atoms with van der Waals surface area (Å²) >= 11 is 0. The first-order valence-electron chi connectivity index (χ1n) is 20.5. The first kappa shape index (κ1) is 45.1. The average Bonchev–Trinajstić information content (AvgIpc) is 3.15. The monoisotopic (exact) mass is 808 g/mol. The second kappa shape index (κ2) is 19.8. The summed E-state index contributed by atoms with van der Waals surface area (Å²) in [6.07, 6.45) is 0.166. The SMILES string of the molecule is Cc1cccc(-n2c(C)cc(C(O)C(Cc3ccccc3C)NC(=O)OC(C)(C)C)cc2=O)c1.Cc1cccc(-n2c(C)cc(CC(N)Cc3ccccc3C)cc2=O)c1. The molecule has 0 aliphatic rings. The van der Waals surface area contributed by atoms with Gasteiger partial charge < -0.3 is 20.9 Å². The van der Waals surface area contributed by atoms with E-state index in [1.165, 1.54) is 17.2 Å². The van der Waals surface area contributed by atoms with Gasteiger partial charge in [0.15, 0.2) is 0 Å². The largest absolute Gasteiger partial charge is 0.444 e. The highest BCUT2D eigenvalue weighted by molar-refractivity contribution is 5.68. The minimum atomic E-state index is -1.11. The van der Waals surface area contributed by atoms with E-state index in [1.54, 1.807) is 42.0 Å². The third-order valence-corrected chi connectivity index (χ3v) is 10.4. The van der Waals surface area contributed by atoms with E-state index in [2.05, 4.69) is 30.4 Å². The van der Waals surface area contributed by atoms with Crippen LogP contribution >= 0.6 is 0 Å². The molecule has 0 saturated carbocycles. The van der Waals surface area contributed by atoms with Crippen molar-refractivity contribution in [2.24, 2.45) is 5.73 Å². The number of nitrogens with two attached hydrogens (primary N) is 1. The summed E-state index contributed by atoms with van der Waals surface area (Å²) in [4.78, 5) is 38.3. The Balaban J connectivity index is 0.000000236. The number of aromatic nitrogens is 2. The summed E-state index contributed by atoms with van der Waals surface area (Å²) in [7, 11) is 0. The molecule has 0 spiro atoms. The van der Waals surface area contributed by atoms with E-state index in [1.807, 2.05) is 120 Å². The van der Waals surface area contributed by atoms with Crippen molar-refractivity contribution < 1.29 is 14.6 Å². The maximum atomic E-state index is 13.1. The van der Waals surface area contributed by atoms with Crippen LogP contribution in [0.2, 0.25) is 0 Å². The summed E-state index contributed by atoms with van der Waals surface area (Å²) in [5.41, 5.74) is 16.9. The van der Waals surface area contributed by atoms with Gasteiger partial charge in [-0.25, -0.2) is 4.79 Å². The van der Waals surface area contributed by atoms with Gasteiger partial charge in [-0.3, -0.25) is 18.7 Å². The predicted molar refractivity (Wildman–Crippen MR) is 243 cm³/mol. The standard InChI is InChI=1S/C28H34N2O4.C23H26N2O/c1-18-10-9-13-23(14-18)30-20(3)15-22(17-25(30)31)26(32)24(29-27(33)34-28(4,5)6)16-21-12-8-7-11-19(21)2;1-16-7-6-10-22(11-16)25-18(3)12-19(14-23(25)26)13-21(24)15-20-9-5-4-8-17(20)2/h7-15,17,24,26,32H,16H2,1-6H3,(H,29,33);4-12,14,21H,13,15,24H2,1-3H3. The van der Waals surface area contributed by atoms with Gasteiger partial charge in [-0.05, 0) is 162 Å². The summed E-state index contributed by atoms with van der Waals surface area (Å²) in [5, 5.41) is 14.1. The zero-order chi connectivity index (χ0) is 43.7. The Kier molecular flexibility index (Phi) is 14.9. The van der Waals surface area contributed by atoms with Gasteiger partial charge in [-0.1, -0.05) is 72.8 Å². The van der Waals surface area contributed by atoms with Crippen LogP contribution in [-0.2, 0) is 24.0 Å². The Hall–Kier alpha value is -6.03. The molecule has 9 nitrogen and oxygen atoms in total. The third-order valence-electron chi connectivity index (χ3n) is 10.4. The Morgan fingerprint density at radius 1 is 0.650 bits per heavy atom. The van der Waals surface area contributed by atoms with Crippen LogP contribution in [0.1, 0.15) is 82.8 Å². The molecule has 1 amide bonds. The van der Waals surface area contributed by atoms with E-state index in [4.69, 9.17) is 10.5 Å². The van der Waals surface area contributed by atoms with E-state index >= 15 is 0 Å². The summed E-state index contributed by atoms with van der Waals surface area (Å²) in [6.45, 7) is 17.3. The molecule has 6 rings (SSSR count). The van der Waals surface area contributed by atoms with Crippen LogP contribution in [0.15, 0.2) is 131 Å². The van der Waals surface area contributed by atoms with Crippen molar-refractivity contribution in [2.75, 3.05) is 0 Å². The Morgan fingerprint density at radius 3 is 1.63 bits per heavy atom. The van der Waals surface area contributed by atoms with Gasteiger partial charge in [0.1, 0.15) is 5.60 Å². The molecule has 0 radical (unpaired) electrons. The number of hydrogen-bond donors (Lipinski definition) is 3. The Labute approximate surface area is 354 Å². The summed E-state index contributed by atoms with van der Waals surface area (Å²) in [6, 6.07) is 38.1. The summed E-state index contributed by atoms with van der Waals surface area (Å²) in [5.74, 6) is 0. The number of alkyl carbamates (subject to hydrolysis) is 1. The molecule has 3 atom stereocenters. The lowest BCUT2D eigenvalue weighted by Gasteiger charge is -2.28. The van der Waals surface area contributed by atoms with Gasteiger partial charge >= 0.3 is 6.09 Å². The molecule has 4 aromatic carbocycles. The highest BCUT2D eigenvalue weighted by Crippen LogP contribution is 2.23. The lowest BCUT2D eigenvalue weighted by atomic mass is 9.94. The number of carbonyl (C=O) groups excluding carboxylic acids is 1. The van der Waals surface area contributed by atoms with E-state index in [9.17, 15) is 19.5 Å². The van der Waals surface area contributed by atoms with Crippen LogP contribution in [0.25, 0.3) is 11.4 Å². The Bertz CT molecular complexity index is 2550. The van der Waals surface area contributed by atoms with Crippen molar-refractivity contribution in [3.8, 4) is 11.4 Å². The molecule has 2 heterocycles. The predicted octanol–water partition coefficient (Wildman–Crippen LogP) is 8.81. The molecule has 9 heteroatoms.